The number of nitrogens with zero attached hydrogens (tertiary/aromatic N) is 1. The van der Waals surface area contributed by atoms with Crippen molar-refractivity contribution in [1.82, 2.24) is 0 Å². The Balaban J connectivity index is 2.59. The minimum absolute atomic E-state index is 0.530. The van der Waals surface area contributed by atoms with Crippen molar-refractivity contribution in [3.8, 4) is 0 Å². The van der Waals surface area contributed by atoms with Crippen LogP contribution in [0, 0.1) is 0 Å². The molecule has 0 radical (unpaired) electrons. The van der Waals surface area contributed by atoms with Crippen molar-refractivity contribution in [2.45, 2.75) is 11.8 Å². The molecule has 66 valence electrons. The van der Waals surface area contributed by atoms with Crippen LogP contribution in [0.25, 0.3) is 0 Å². The van der Waals surface area contributed by atoms with Crippen molar-refractivity contribution >= 4 is 21.6 Å². The molecule has 0 saturated carbocycles. The zero-order chi connectivity index (χ0) is 8.97. The van der Waals surface area contributed by atoms with E-state index in [4.69, 9.17) is 0 Å². The highest BCUT2D eigenvalue weighted by molar-refractivity contribution is 9.09. The molecule has 0 aliphatic carbocycles. The fourth-order valence-corrected chi connectivity index (χ4v) is 1.60. The third kappa shape index (κ3) is 2.86. The summed E-state index contributed by atoms with van der Waals surface area (Å²) in [4.78, 5) is 2.77. The van der Waals surface area contributed by atoms with E-state index in [1.54, 1.807) is 0 Å². The molecule has 0 saturated heterocycles. The normalized spacial score (nSPS) is 12.6. The molecule has 12 heavy (non-hydrogen) atoms. The number of alkyl halides is 1. The van der Waals surface area contributed by atoms with Crippen LogP contribution in [0.4, 0.5) is 5.69 Å². The van der Waals surface area contributed by atoms with E-state index in [9.17, 15) is 0 Å². The number of para-hydroxylation sites is 1. The lowest BCUT2D eigenvalue weighted by Gasteiger charge is -2.20. The molecule has 0 N–H and O–H groups in total. The van der Waals surface area contributed by atoms with Gasteiger partial charge in [0.25, 0.3) is 0 Å². The molecule has 0 fully saturated rings. The Morgan fingerprint density at radius 2 is 1.92 bits per heavy atom. The van der Waals surface area contributed by atoms with Crippen LogP contribution in [0.5, 0.6) is 0 Å². The van der Waals surface area contributed by atoms with Gasteiger partial charge in [-0.1, -0.05) is 41.1 Å². The Labute approximate surface area is 82.5 Å². The average molecular weight is 228 g/mol. The van der Waals surface area contributed by atoms with Gasteiger partial charge in [-0.25, -0.2) is 0 Å². The molecule has 0 spiro atoms. The summed E-state index contributed by atoms with van der Waals surface area (Å²) in [5.41, 5.74) is 1.27. The zero-order valence-electron chi connectivity index (χ0n) is 7.50. The van der Waals surface area contributed by atoms with E-state index in [0.717, 1.165) is 6.54 Å². The van der Waals surface area contributed by atoms with Crippen LogP contribution in [0.15, 0.2) is 30.3 Å². The van der Waals surface area contributed by atoms with Crippen LogP contribution < -0.4 is 4.90 Å². The quantitative estimate of drug-likeness (QED) is 0.719. The monoisotopic (exact) mass is 227 g/mol. The topological polar surface area (TPSA) is 3.24 Å². The third-order valence-corrected chi connectivity index (χ3v) is 2.01. The molecule has 1 atom stereocenters. The summed E-state index contributed by atoms with van der Waals surface area (Å²) >= 11 is 3.53. The first-order chi connectivity index (χ1) is 5.70. The summed E-state index contributed by atoms with van der Waals surface area (Å²) in [5, 5.41) is 0. The Kier molecular flexibility index (Phi) is 3.60. The van der Waals surface area contributed by atoms with Crippen LogP contribution in [-0.2, 0) is 0 Å². The van der Waals surface area contributed by atoms with Crippen LogP contribution in [0.3, 0.4) is 0 Å². The Hall–Kier alpha value is -0.500. The predicted octanol–water partition coefficient (Wildman–Crippen LogP) is 2.91. The number of hydrogen-bond donors (Lipinski definition) is 0. The smallest absolute Gasteiger partial charge is 0.0363 e. The standard InChI is InChI=1S/C10H14BrN/c1-9(11)8-12(2)10-6-4-3-5-7-10/h3-7,9H,8H2,1-2H3. The van der Waals surface area contributed by atoms with E-state index < -0.39 is 0 Å². The van der Waals surface area contributed by atoms with Crippen LogP contribution >= 0.6 is 15.9 Å². The Bertz CT molecular complexity index is 221. The van der Waals surface area contributed by atoms with Gasteiger partial charge in [-0.05, 0) is 12.1 Å². The molecule has 1 unspecified atom stereocenters. The van der Waals surface area contributed by atoms with Gasteiger partial charge in [-0.15, -0.1) is 0 Å². The highest BCUT2D eigenvalue weighted by atomic mass is 79.9. The molecule has 0 heterocycles. The van der Waals surface area contributed by atoms with Crippen molar-refractivity contribution in [1.29, 1.82) is 0 Å². The number of benzene rings is 1. The first-order valence-electron chi connectivity index (χ1n) is 4.10. The number of anilines is 1. The molecular weight excluding hydrogens is 214 g/mol. The van der Waals surface area contributed by atoms with E-state index in [-0.39, 0.29) is 0 Å². The first kappa shape index (κ1) is 9.59. The number of halogens is 1. The van der Waals surface area contributed by atoms with Crippen LogP contribution in [0.2, 0.25) is 0 Å². The molecular formula is C10H14BrN. The summed E-state index contributed by atoms with van der Waals surface area (Å²) in [6, 6.07) is 10.4. The maximum Gasteiger partial charge on any atom is 0.0363 e. The highest BCUT2D eigenvalue weighted by Gasteiger charge is 2.02. The lowest BCUT2D eigenvalue weighted by Crippen LogP contribution is -2.23. The molecule has 1 nitrogen and oxygen atoms in total. The van der Waals surface area contributed by atoms with Crippen molar-refractivity contribution in [3.63, 3.8) is 0 Å². The average Bonchev–Trinajstić information content (AvgIpc) is 2.05. The van der Waals surface area contributed by atoms with Gasteiger partial charge >= 0.3 is 0 Å². The van der Waals surface area contributed by atoms with E-state index in [1.807, 2.05) is 6.07 Å². The highest BCUT2D eigenvalue weighted by Crippen LogP contribution is 2.12. The van der Waals surface area contributed by atoms with Gasteiger partial charge in [0.05, 0.1) is 0 Å². The summed E-state index contributed by atoms with van der Waals surface area (Å²) in [5.74, 6) is 0. The van der Waals surface area contributed by atoms with Gasteiger partial charge in [0.1, 0.15) is 0 Å². The molecule has 0 amide bonds. The van der Waals surface area contributed by atoms with Gasteiger partial charge in [0.15, 0.2) is 0 Å². The maximum absolute atomic E-state index is 3.53. The van der Waals surface area contributed by atoms with Crippen LogP contribution in [-0.4, -0.2) is 18.4 Å². The molecule has 2 heteroatoms. The van der Waals surface area contributed by atoms with E-state index in [1.165, 1.54) is 5.69 Å². The third-order valence-electron chi connectivity index (χ3n) is 1.72. The van der Waals surface area contributed by atoms with Gasteiger partial charge < -0.3 is 4.90 Å². The predicted molar refractivity (Wildman–Crippen MR) is 58.1 cm³/mol. The molecule has 0 aromatic heterocycles. The summed E-state index contributed by atoms with van der Waals surface area (Å²) < 4.78 is 0. The van der Waals surface area contributed by atoms with Crippen molar-refractivity contribution < 1.29 is 0 Å². The lowest BCUT2D eigenvalue weighted by molar-refractivity contribution is 0.877. The summed E-state index contributed by atoms with van der Waals surface area (Å²) in [6.45, 7) is 3.18. The molecule has 0 aliphatic heterocycles. The SMILES string of the molecule is CC(Br)CN(C)c1ccccc1. The van der Waals surface area contributed by atoms with Crippen LogP contribution in [0.1, 0.15) is 6.92 Å². The molecule has 1 aromatic rings. The van der Waals surface area contributed by atoms with Gasteiger partial charge in [-0.2, -0.15) is 0 Å². The van der Waals surface area contributed by atoms with Crippen molar-refractivity contribution in [3.05, 3.63) is 30.3 Å². The van der Waals surface area contributed by atoms with Gasteiger partial charge in [-0.3, -0.25) is 0 Å². The molecule has 1 aromatic carbocycles. The largest absolute Gasteiger partial charge is 0.373 e. The fourth-order valence-electron chi connectivity index (χ4n) is 1.17. The Morgan fingerprint density at radius 3 is 2.42 bits per heavy atom. The fraction of sp³-hybridized carbons (Fsp3) is 0.400. The van der Waals surface area contributed by atoms with E-state index >= 15 is 0 Å². The van der Waals surface area contributed by atoms with Gasteiger partial charge in [0, 0.05) is 24.1 Å². The zero-order valence-corrected chi connectivity index (χ0v) is 9.08. The second-order valence-corrected chi connectivity index (χ2v) is 4.56. The van der Waals surface area contributed by atoms with Gasteiger partial charge in [0.2, 0.25) is 0 Å². The minimum atomic E-state index is 0.530. The second kappa shape index (κ2) is 4.51. The second-order valence-electron chi connectivity index (χ2n) is 3.00. The summed E-state index contributed by atoms with van der Waals surface area (Å²) in [7, 11) is 2.10. The number of rotatable bonds is 3. The minimum Gasteiger partial charge on any atom is -0.373 e. The lowest BCUT2D eigenvalue weighted by atomic mass is 10.3. The molecule has 0 bridgehead atoms. The van der Waals surface area contributed by atoms with E-state index in [0.29, 0.717) is 4.83 Å². The summed E-state index contributed by atoms with van der Waals surface area (Å²) in [6.07, 6.45) is 0. The van der Waals surface area contributed by atoms with E-state index in [2.05, 4.69) is 59.1 Å². The van der Waals surface area contributed by atoms with Crippen molar-refractivity contribution in [2.75, 3.05) is 18.5 Å². The first-order valence-corrected chi connectivity index (χ1v) is 5.02. The maximum atomic E-state index is 3.53. The van der Waals surface area contributed by atoms with Crippen molar-refractivity contribution in [2.24, 2.45) is 0 Å². The molecule has 1 rings (SSSR count). The number of hydrogen-bond acceptors (Lipinski definition) is 1. The Morgan fingerprint density at radius 1 is 1.33 bits per heavy atom. The molecule has 0 aliphatic rings.